The van der Waals surface area contributed by atoms with Crippen LogP contribution in [0.4, 0.5) is 13.2 Å². The molecule has 22 heavy (non-hydrogen) atoms. The number of thiophene rings is 1. The maximum atomic E-state index is 13.4. The summed E-state index contributed by atoms with van der Waals surface area (Å²) in [6.45, 7) is 3.09. The number of alkyl halides is 3. The first-order chi connectivity index (χ1) is 10.6. The molecule has 6 heteroatoms. The average molecular weight is 326 g/mol. The Bertz CT molecular complexity index is 604. The van der Waals surface area contributed by atoms with E-state index in [1.807, 2.05) is 16.8 Å². The van der Waals surface area contributed by atoms with E-state index in [1.165, 1.54) is 23.5 Å². The quantitative estimate of drug-likeness (QED) is 0.924. The monoisotopic (exact) mass is 326 g/mol. The molecule has 0 spiro atoms. The van der Waals surface area contributed by atoms with Crippen LogP contribution in [0.5, 0.6) is 0 Å². The first-order valence-corrected chi connectivity index (χ1v) is 8.14. The number of benzene rings is 1. The van der Waals surface area contributed by atoms with Gasteiger partial charge in [0.2, 0.25) is 0 Å². The van der Waals surface area contributed by atoms with Crippen LogP contribution in [0.2, 0.25) is 0 Å². The number of hydrogen-bond acceptors (Lipinski definition) is 3. The fourth-order valence-corrected chi connectivity index (χ4v) is 3.63. The van der Waals surface area contributed by atoms with Gasteiger partial charge in [0.25, 0.3) is 0 Å². The zero-order valence-corrected chi connectivity index (χ0v) is 12.8. The highest BCUT2D eigenvalue weighted by molar-refractivity contribution is 7.08. The molecule has 0 saturated carbocycles. The summed E-state index contributed by atoms with van der Waals surface area (Å²) in [6, 6.07) is 7.50. The normalized spacial score (nSPS) is 18.3. The second kappa shape index (κ2) is 6.40. The van der Waals surface area contributed by atoms with Gasteiger partial charge >= 0.3 is 6.18 Å². The van der Waals surface area contributed by atoms with Crippen LogP contribution in [-0.2, 0) is 6.18 Å². The van der Waals surface area contributed by atoms with E-state index in [4.69, 9.17) is 0 Å². The molecule has 1 N–H and O–H groups in total. The standard InChI is InChI=1S/C16H17F3N2S/c17-16(18,19)14-4-2-1-3-13(14)15(12-5-10-22-11-12)21-8-6-20-7-9-21/h1-5,10-11,15,20H,6-9H2/t15-/m1/s1. The Hall–Kier alpha value is -1.37. The molecule has 2 nitrogen and oxygen atoms in total. The second-order valence-corrected chi connectivity index (χ2v) is 6.11. The van der Waals surface area contributed by atoms with E-state index in [0.29, 0.717) is 5.56 Å². The highest BCUT2D eigenvalue weighted by atomic mass is 32.1. The molecule has 1 atom stereocenters. The number of hydrogen-bond donors (Lipinski definition) is 1. The van der Waals surface area contributed by atoms with E-state index in [2.05, 4.69) is 10.2 Å². The third kappa shape index (κ3) is 3.19. The maximum absolute atomic E-state index is 13.4. The lowest BCUT2D eigenvalue weighted by Crippen LogP contribution is -2.45. The van der Waals surface area contributed by atoms with Gasteiger partial charge in [-0.25, -0.2) is 0 Å². The topological polar surface area (TPSA) is 15.3 Å². The lowest BCUT2D eigenvalue weighted by Gasteiger charge is -2.36. The van der Waals surface area contributed by atoms with Crippen LogP contribution in [0.3, 0.4) is 0 Å². The molecule has 2 aromatic rings. The molecule has 1 fully saturated rings. The molecule has 1 aromatic carbocycles. The van der Waals surface area contributed by atoms with Gasteiger partial charge in [0.15, 0.2) is 0 Å². The van der Waals surface area contributed by atoms with Crippen molar-refractivity contribution in [1.29, 1.82) is 0 Å². The Balaban J connectivity index is 2.07. The largest absolute Gasteiger partial charge is 0.416 e. The summed E-state index contributed by atoms with van der Waals surface area (Å²) < 4.78 is 40.2. The lowest BCUT2D eigenvalue weighted by molar-refractivity contribution is -0.138. The Morgan fingerprint density at radius 2 is 1.82 bits per heavy atom. The van der Waals surface area contributed by atoms with Gasteiger partial charge in [0, 0.05) is 26.2 Å². The van der Waals surface area contributed by atoms with E-state index in [-0.39, 0.29) is 6.04 Å². The van der Waals surface area contributed by atoms with Gasteiger partial charge in [-0.3, -0.25) is 4.90 Å². The van der Waals surface area contributed by atoms with Crippen LogP contribution < -0.4 is 5.32 Å². The van der Waals surface area contributed by atoms with Crippen LogP contribution in [0.15, 0.2) is 41.1 Å². The molecule has 1 aliphatic heterocycles. The van der Waals surface area contributed by atoms with Gasteiger partial charge in [-0.2, -0.15) is 24.5 Å². The van der Waals surface area contributed by atoms with Crippen molar-refractivity contribution in [1.82, 2.24) is 10.2 Å². The Morgan fingerprint density at radius 1 is 1.09 bits per heavy atom. The molecule has 1 saturated heterocycles. The Labute approximate surface area is 131 Å². The Morgan fingerprint density at radius 3 is 2.45 bits per heavy atom. The first-order valence-electron chi connectivity index (χ1n) is 7.20. The van der Waals surface area contributed by atoms with Crippen molar-refractivity contribution in [2.45, 2.75) is 12.2 Å². The first kappa shape index (κ1) is 15.5. The summed E-state index contributed by atoms with van der Waals surface area (Å²) in [4.78, 5) is 2.13. The van der Waals surface area contributed by atoms with E-state index in [1.54, 1.807) is 12.1 Å². The molecule has 0 radical (unpaired) electrons. The summed E-state index contributed by atoms with van der Waals surface area (Å²) in [5.74, 6) is 0. The third-order valence-electron chi connectivity index (χ3n) is 3.94. The fraction of sp³-hybridized carbons (Fsp3) is 0.375. The molecule has 2 heterocycles. The summed E-state index contributed by atoms with van der Waals surface area (Å²) >= 11 is 1.52. The Kier molecular flexibility index (Phi) is 4.52. The van der Waals surface area contributed by atoms with Crippen molar-refractivity contribution in [3.63, 3.8) is 0 Å². The highest BCUT2D eigenvalue weighted by Gasteiger charge is 2.37. The summed E-state index contributed by atoms with van der Waals surface area (Å²) in [5.41, 5.74) is 0.739. The molecule has 0 aliphatic carbocycles. The van der Waals surface area contributed by atoms with Gasteiger partial charge in [0.05, 0.1) is 11.6 Å². The van der Waals surface area contributed by atoms with Crippen molar-refractivity contribution in [3.05, 3.63) is 57.8 Å². The van der Waals surface area contributed by atoms with Crippen molar-refractivity contribution in [3.8, 4) is 0 Å². The lowest BCUT2D eigenvalue weighted by atomic mass is 9.94. The maximum Gasteiger partial charge on any atom is 0.416 e. The smallest absolute Gasteiger partial charge is 0.314 e. The summed E-state index contributed by atoms with van der Waals surface area (Å²) in [7, 11) is 0. The molecular formula is C16H17F3N2S. The zero-order valence-electron chi connectivity index (χ0n) is 11.9. The molecular weight excluding hydrogens is 309 g/mol. The van der Waals surface area contributed by atoms with Crippen LogP contribution in [0.25, 0.3) is 0 Å². The van der Waals surface area contributed by atoms with E-state index >= 15 is 0 Å². The van der Waals surface area contributed by atoms with Crippen molar-refractivity contribution in [2.75, 3.05) is 26.2 Å². The number of nitrogens with one attached hydrogen (secondary N) is 1. The number of nitrogens with zero attached hydrogens (tertiary/aromatic N) is 1. The minimum absolute atomic E-state index is 0.342. The van der Waals surface area contributed by atoms with Crippen molar-refractivity contribution < 1.29 is 13.2 Å². The van der Waals surface area contributed by atoms with Crippen LogP contribution >= 0.6 is 11.3 Å². The molecule has 0 unspecified atom stereocenters. The number of halogens is 3. The minimum atomic E-state index is -4.33. The van der Waals surface area contributed by atoms with Gasteiger partial charge < -0.3 is 5.32 Å². The van der Waals surface area contributed by atoms with E-state index < -0.39 is 11.7 Å². The molecule has 118 valence electrons. The van der Waals surface area contributed by atoms with Crippen molar-refractivity contribution >= 4 is 11.3 Å². The van der Waals surface area contributed by atoms with Crippen LogP contribution in [-0.4, -0.2) is 31.1 Å². The molecule has 3 rings (SSSR count). The van der Waals surface area contributed by atoms with Gasteiger partial charge in [-0.15, -0.1) is 0 Å². The van der Waals surface area contributed by atoms with E-state index in [0.717, 1.165) is 31.7 Å². The number of piperazine rings is 1. The van der Waals surface area contributed by atoms with E-state index in [9.17, 15) is 13.2 Å². The highest BCUT2D eigenvalue weighted by Crippen LogP contribution is 2.39. The molecule has 0 bridgehead atoms. The zero-order chi connectivity index (χ0) is 15.6. The van der Waals surface area contributed by atoms with Crippen molar-refractivity contribution in [2.24, 2.45) is 0 Å². The third-order valence-corrected chi connectivity index (χ3v) is 4.64. The van der Waals surface area contributed by atoms with Gasteiger partial charge in [-0.05, 0) is 34.0 Å². The van der Waals surface area contributed by atoms with Gasteiger partial charge in [0.1, 0.15) is 0 Å². The predicted molar refractivity (Wildman–Crippen MR) is 82.0 cm³/mol. The second-order valence-electron chi connectivity index (χ2n) is 5.33. The minimum Gasteiger partial charge on any atom is -0.314 e. The van der Waals surface area contributed by atoms with Crippen LogP contribution in [0, 0.1) is 0 Å². The summed E-state index contributed by atoms with van der Waals surface area (Å²) in [5, 5.41) is 7.11. The van der Waals surface area contributed by atoms with Crippen LogP contribution in [0.1, 0.15) is 22.7 Å². The molecule has 0 amide bonds. The summed E-state index contributed by atoms with van der Waals surface area (Å²) in [6.07, 6.45) is -4.33. The molecule has 1 aliphatic rings. The SMILES string of the molecule is FC(F)(F)c1ccccc1[C@@H](c1ccsc1)N1CCNCC1. The predicted octanol–water partition coefficient (Wildman–Crippen LogP) is 3.76. The molecule has 1 aromatic heterocycles. The van der Waals surface area contributed by atoms with Gasteiger partial charge in [-0.1, -0.05) is 18.2 Å². The number of rotatable bonds is 3. The fourth-order valence-electron chi connectivity index (χ4n) is 2.95. The average Bonchev–Trinajstić information content (AvgIpc) is 3.02.